The van der Waals surface area contributed by atoms with Gasteiger partial charge in [-0.2, -0.15) is 0 Å². The Morgan fingerprint density at radius 1 is 1.33 bits per heavy atom. The Labute approximate surface area is 133 Å². The lowest BCUT2D eigenvalue weighted by molar-refractivity contribution is 0.0965. The lowest BCUT2D eigenvalue weighted by atomic mass is 9.80. The summed E-state index contributed by atoms with van der Waals surface area (Å²) in [7, 11) is 0. The Kier molecular flexibility index (Phi) is 5.88. The predicted octanol–water partition coefficient (Wildman–Crippen LogP) is 4.44. The van der Waals surface area contributed by atoms with Crippen molar-refractivity contribution < 1.29 is 4.74 Å². The summed E-state index contributed by atoms with van der Waals surface area (Å²) >= 11 is 6.31. The van der Waals surface area contributed by atoms with E-state index >= 15 is 0 Å². The van der Waals surface area contributed by atoms with Crippen molar-refractivity contribution in [2.24, 2.45) is 11.8 Å². The third-order valence-electron chi connectivity index (χ3n) is 4.41. The summed E-state index contributed by atoms with van der Waals surface area (Å²) in [5, 5.41) is 3.98. The fourth-order valence-corrected chi connectivity index (χ4v) is 2.97. The smallest absolute Gasteiger partial charge is 0.232 e. The third kappa shape index (κ3) is 4.86. The minimum absolute atomic E-state index is 0.251. The number of ether oxygens (including phenoxy) is 1. The lowest BCUT2D eigenvalue weighted by Gasteiger charge is -2.32. The molecule has 118 valence electrons. The first-order valence-corrected chi connectivity index (χ1v) is 8.38. The van der Waals surface area contributed by atoms with Crippen LogP contribution >= 0.6 is 11.6 Å². The quantitative estimate of drug-likeness (QED) is 0.873. The van der Waals surface area contributed by atoms with Crippen LogP contribution in [0.5, 0.6) is 5.88 Å². The molecule has 0 saturated heterocycles. The zero-order valence-corrected chi connectivity index (χ0v) is 14.3. The van der Waals surface area contributed by atoms with Crippen molar-refractivity contribution in [1.82, 2.24) is 10.3 Å². The molecule has 2 rings (SSSR count). The Morgan fingerprint density at radius 3 is 2.71 bits per heavy atom. The first-order valence-electron chi connectivity index (χ1n) is 8.00. The summed E-state index contributed by atoms with van der Waals surface area (Å²) in [6.45, 7) is 9.65. The highest BCUT2D eigenvalue weighted by Crippen LogP contribution is 2.33. The van der Waals surface area contributed by atoms with E-state index in [0.717, 1.165) is 30.9 Å². The monoisotopic (exact) mass is 310 g/mol. The molecule has 0 spiro atoms. The van der Waals surface area contributed by atoms with Crippen molar-refractivity contribution in [3.63, 3.8) is 0 Å². The normalized spacial score (nSPS) is 26.1. The van der Waals surface area contributed by atoms with Gasteiger partial charge in [-0.3, -0.25) is 0 Å². The number of rotatable bonds is 5. The molecule has 1 aliphatic rings. The second-order valence-corrected chi connectivity index (χ2v) is 7.08. The van der Waals surface area contributed by atoms with Crippen molar-refractivity contribution in [2.75, 3.05) is 0 Å². The van der Waals surface area contributed by atoms with Gasteiger partial charge in [-0.05, 0) is 42.7 Å². The number of pyridine rings is 1. The number of hydrogen-bond acceptors (Lipinski definition) is 3. The van der Waals surface area contributed by atoms with Crippen LogP contribution in [0.4, 0.5) is 0 Å². The van der Waals surface area contributed by atoms with Gasteiger partial charge >= 0.3 is 0 Å². The molecular weight excluding hydrogens is 284 g/mol. The van der Waals surface area contributed by atoms with Gasteiger partial charge in [0.2, 0.25) is 5.88 Å². The van der Waals surface area contributed by atoms with Crippen molar-refractivity contribution in [1.29, 1.82) is 0 Å². The SMILES string of the molecule is CC(C)NCc1cnc(OC2CCC(C)C(C)C2)c(Cl)c1. The molecule has 0 radical (unpaired) electrons. The average molecular weight is 311 g/mol. The van der Waals surface area contributed by atoms with E-state index in [1.54, 1.807) is 0 Å². The molecule has 3 atom stereocenters. The summed E-state index contributed by atoms with van der Waals surface area (Å²) in [4.78, 5) is 4.40. The Hall–Kier alpha value is -0.800. The molecule has 0 aromatic carbocycles. The molecule has 3 nitrogen and oxygen atoms in total. The van der Waals surface area contributed by atoms with E-state index in [2.05, 4.69) is 38.0 Å². The first kappa shape index (κ1) is 16.6. The van der Waals surface area contributed by atoms with Crippen LogP contribution in [0.1, 0.15) is 52.5 Å². The van der Waals surface area contributed by atoms with Crippen LogP contribution in [0.2, 0.25) is 5.02 Å². The van der Waals surface area contributed by atoms with Gasteiger partial charge in [-0.15, -0.1) is 0 Å². The zero-order valence-electron chi connectivity index (χ0n) is 13.5. The standard InChI is InChI=1S/C17H27ClN2O/c1-11(2)19-9-14-8-16(18)17(20-10-14)21-15-6-5-12(3)13(4)7-15/h8,10-13,15,19H,5-7,9H2,1-4H3. The van der Waals surface area contributed by atoms with Crippen LogP contribution < -0.4 is 10.1 Å². The van der Waals surface area contributed by atoms with Crippen LogP contribution in [-0.4, -0.2) is 17.1 Å². The molecule has 21 heavy (non-hydrogen) atoms. The number of nitrogens with one attached hydrogen (secondary N) is 1. The first-order chi connectivity index (χ1) is 9.95. The minimum Gasteiger partial charge on any atom is -0.473 e. The maximum Gasteiger partial charge on any atom is 0.232 e. The molecule has 4 heteroatoms. The van der Waals surface area contributed by atoms with Gasteiger partial charge in [-0.1, -0.05) is 39.3 Å². The highest BCUT2D eigenvalue weighted by molar-refractivity contribution is 6.31. The molecule has 0 amide bonds. The van der Waals surface area contributed by atoms with Crippen molar-refractivity contribution in [3.05, 3.63) is 22.8 Å². The van der Waals surface area contributed by atoms with Gasteiger partial charge in [0, 0.05) is 18.8 Å². The van der Waals surface area contributed by atoms with E-state index in [9.17, 15) is 0 Å². The molecular formula is C17H27ClN2O. The number of halogens is 1. The van der Waals surface area contributed by atoms with Crippen molar-refractivity contribution in [2.45, 2.75) is 65.6 Å². The van der Waals surface area contributed by atoms with E-state index < -0.39 is 0 Å². The lowest BCUT2D eigenvalue weighted by Crippen LogP contribution is -2.29. The highest BCUT2D eigenvalue weighted by Gasteiger charge is 2.26. The molecule has 3 unspecified atom stereocenters. The van der Waals surface area contributed by atoms with E-state index in [1.807, 2.05) is 12.3 Å². The third-order valence-corrected chi connectivity index (χ3v) is 4.68. The fourth-order valence-electron chi connectivity index (χ4n) is 2.73. The van der Waals surface area contributed by atoms with Crippen LogP contribution in [0.3, 0.4) is 0 Å². The second-order valence-electron chi connectivity index (χ2n) is 6.67. The predicted molar refractivity (Wildman–Crippen MR) is 87.8 cm³/mol. The summed E-state index contributed by atoms with van der Waals surface area (Å²) in [5.74, 6) is 2.08. The van der Waals surface area contributed by atoms with Gasteiger partial charge < -0.3 is 10.1 Å². The summed E-state index contributed by atoms with van der Waals surface area (Å²) < 4.78 is 6.02. The van der Waals surface area contributed by atoms with Crippen LogP contribution in [-0.2, 0) is 6.54 Å². The fraction of sp³-hybridized carbons (Fsp3) is 0.706. The van der Waals surface area contributed by atoms with Crippen molar-refractivity contribution in [3.8, 4) is 5.88 Å². The van der Waals surface area contributed by atoms with Gasteiger partial charge in [0.25, 0.3) is 0 Å². The van der Waals surface area contributed by atoms with E-state index in [1.165, 1.54) is 6.42 Å². The van der Waals surface area contributed by atoms with Crippen LogP contribution in [0.25, 0.3) is 0 Å². The Morgan fingerprint density at radius 2 is 2.10 bits per heavy atom. The maximum atomic E-state index is 6.31. The molecule has 1 N–H and O–H groups in total. The van der Waals surface area contributed by atoms with Crippen LogP contribution in [0.15, 0.2) is 12.3 Å². The number of aromatic nitrogens is 1. The summed E-state index contributed by atoms with van der Waals surface area (Å²) in [6.07, 6.45) is 5.52. The van der Waals surface area contributed by atoms with E-state index in [-0.39, 0.29) is 6.10 Å². The Bertz CT molecular complexity index is 464. The minimum atomic E-state index is 0.251. The van der Waals surface area contributed by atoms with Crippen LogP contribution in [0, 0.1) is 11.8 Å². The van der Waals surface area contributed by atoms with E-state index in [4.69, 9.17) is 16.3 Å². The molecule has 1 fully saturated rings. The number of hydrogen-bond donors (Lipinski definition) is 1. The van der Waals surface area contributed by atoms with E-state index in [0.29, 0.717) is 22.9 Å². The molecule has 0 bridgehead atoms. The molecule has 1 saturated carbocycles. The largest absolute Gasteiger partial charge is 0.473 e. The summed E-state index contributed by atoms with van der Waals surface area (Å²) in [5.41, 5.74) is 1.09. The molecule has 1 aliphatic carbocycles. The van der Waals surface area contributed by atoms with Crippen molar-refractivity contribution >= 4 is 11.6 Å². The molecule has 0 aliphatic heterocycles. The van der Waals surface area contributed by atoms with Gasteiger partial charge in [0.1, 0.15) is 11.1 Å². The van der Waals surface area contributed by atoms with Gasteiger partial charge in [0.15, 0.2) is 0 Å². The van der Waals surface area contributed by atoms with Gasteiger partial charge in [0.05, 0.1) is 0 Å². The Balaban J connectivity index is 1.94. The molecule has 1 heterocycles. The molecule has 1 aromatic heterocycles. The number of nitrogens with zero attached hydrogens (tertiary/aromatic N) is 1. The maximum absolute atomic E-state index is 6.31. The average Bonchev–Trinajstić information content (AvgIpc) is 2.43. The summed E-state index contributed by atoms with van der Waals surface area (Å²) in [6, 6.07) is 2.40. The van der Waals surface area contributed by atoms with Gasteiger partial charge in [-0.25, -0.2) is 4.98 Å². The zero-order chi connectivity index (χ0) is 15.4. The highest BCUT2D eigenvalue weighted by atomic mass is 35.5. The topological polar surface area (TPSA) is 34.2 Å². The molecule has 1 aromatic rings. The second kappa shape index (κ2) is 7.46.